The van der Waals surface area contributed by atoms with E-state index >= 15 is 0 Å². The van der Waals surface area contributed by atoms with Gasteiger partial charge >= 0.3 is 5.97 Å². The van der Waals surface area contributed by atoms with Crippen molar-refractivity contribution in [3.8, 4) is 0 Å². The highest BCUT2D eigenvalue weighted by atomic mass is 16.5. The number of nitrogens with zero attached hydrogens (tertiary/aromatic N) is 1. The van der Waals surface area contributed by atoms with Crippen LogP contribution in [0.5, 0.6) is 0 Å². The van der Waals surface area contributed by atoms with Crippen LogP contribution in [0.1, 0.15) is 20.7 Å². The molecule has 0 atom stereocenters. The lowest BCUT2D eigenvalue weighted by atomic mass is 10.1. The number of amides is 1. The fourth-order valence-corrected chi connectivity index (χ4v) is 2.33. The standard InChI is InChI=1S/C18H14N2O3/c1-23-18(22)12-5-4-6-13(11-12)20-17(21)15-9-10-19-16-8-3-2-7-14(15)16/h2-11H,1H3,(H,20,21). The number of esters is 1. The highest BCUT2D eigenvalue weighted by Gasteiger charge is 2.12. The van der Waals surface area contributed by atoms with Crippen LogP contribution in [0.25, 0.3) is 10.9 Å². The van der Waals surface area contributed by atoms with Crippen LogP contribution in [-0.4, -0.2) is 24.0 Å². The van der Waals surface area contributed by atoms with Crippen LogP contribution < -0.4 is 5.32 Å². The summed E-state index contributed by atoms with van der Waals surface area (Å²) in [5.74, 6) is -0.707. The molecular formula is C18H14N2O3. The maximum Gasteiger partial charge on any atom is 0.337 e. The third-order valence-electron chi connectivity index (χ3n) is 3.44. The molecule has 0 spiro atoms. The number of aromatic nitrogens is 1. The second-order valence-electron chi connectivity index (χ2n) is 4.90. The number of hydrogen-bond donors (Lipinski definition) is 1. The van der Waals surface area contributed by atoms with Gasteiger partial charge in [-0.2, -0.15) is 0 Å². The van der Waals surface area contributed by atoms with Crippen LogP contribution in [0.3, 0.4) is 0 Å². The van der Waals surface area contributed by atoms with E-state index in [1.54, 1.807) is 36.5 Å². The molecule has 0 aliphatic rings. The van der Waals surface area contributed by atoms with E-state index < -0.39 is 5.97 Å². The molecular weight excluding hydrogens is 292 g/mol. The fraction of sp³-hybridized carbons (Fsp3) is 0.0556. The lowest BCUT2D eigenvalue weighted by Gasteiger charge is -2.08. The summed E-state index contributed by atoms with van der Waals surface area (Å²) in [7, 11) is 1.32. The van der Waals surface area contributed by atoms with E-state index in [9.17, 15) is 9.59 Å². The lowest BCUT2D eigenvalue weighted by Crippen LogP contribution is -2.13. The highest BCUT2D eigenvalue weighted by Crippen LogP contribution is 2.18. The van der Waals surface area contributed by atoms with Gasteiger partial charge in [0, 0.05) is 17.3 Å². The zero-order chi connectivity index (χ0) is 16.2. The molecule has 0 fully saturated rings. The van der Waals surface area contributed by atoms with E-state index in [1.165, 1.54) is 7.11 Å². The molecule has 5 nitrogen and oxygen atoms in total. The average molecular weight is 306 g/mol. The number of anilines is 1. The first-order valence-corrected chi connectivity index (χ1v) is 7.02. The second-order valence-corrected chi connectivity index (χ2v) is 4.90. The maximum absolute atomic E-state index is 12.5. The Bertz CT molecular complexity index is 885. The minimum atomic E-state index is -0.449. The van der Waals surface area contributed by atoms with Gasteiger partial charge in [-0.25, -0.2) is 4.79 Å². The Morgan fingerprint density at radius 3 is 2.70 bits per heavy atom. The van der Waals surface area contributed by atoms with E-state index in [0.717, 1.165) is 10.9 Å². The Hall–Kier alpha value is -3.21. The number of carbonyl (C=O) groups excluding carboxylic acids is 2. The second kappa shape index (κ2) is 6.27. The first-order chi connectivity index (χ1) is 11.2. The van der Waals surface area contributed by atoms with Crippen molar-refractivity contribution >= 4 is 28.5 Å². The Morgan fingerprint density at radius 1 is 1.04 bits per heavy atom. The quantitative estimate of drug-likeness (QED) is 0.754. The van der Waals surface area contributed by atoms with Crippen LogP contribution in [0.15, 0.2) is 60.8 Å². The number of nitrogens with one attached hydrogen (secondary N) is 1. The van der Waals surface area contributed by atoms with E-state index in [0.29, 0.717) is 16.8 Å². The molecule has 0 aliphatic heterocycles. The van der Waals surface area contributed by atoms with Crippen molar-refractivity contribution in [2.24, 2.45) is 0 Å². The minimum absolute atomic E-state index is 0.259. The number of fused-ring (bicyclic) bond motifs is 1. The molecule has 5 heteroatoms. The fourth-order valence-electron chi connectivity index (χ4n) is 2.33. The SMILES string of the molecule is COC(=O)c1cccc(NC(=O)c2ccnc3ccccc23)c1. The maximum atomic E-state index is 12.5. The summed E-state index contributed by atoms with van der Waals surface area (Å²) < 4.78 is 4.68. The van der Waals surface area contributed by atoms with Gasteiger partial charge in [0.25, 0.3) is 5.91 Å². The molecule has 3 aromatic rings. The number of ether oxygens (including phenoxy) is 1. The summed E-state index contributed by atoms with van der Waals surface area (Å²) >= 11 is 0. The van der Waals surface area contributed by atoms with E-state index in [4.69, 9.17) is 0 Å². The van der Waals surface area contributed by atoms with Crippen molar-refractivity contribution in [2.75, 3.05) is 12.4 Å². The van der Waals surface area contributed by atoms with Crippen molar-refractivity contribution in [2.45, 2.75) is 0 Å². The predicted octanol–water partition coefficient (Wildman–Crippen LogP) is 3.27. The van der Waals surface area contributed by atoms with Gasteiger partial charge in [-0.3, -0.25) is 9.78 Å². The first-order valence-electron chi connectivity index (χ1n) is 7.02. The first kappa shape index (κ1) is 14.7. The third kappa shape index (κ3) is 3.03. The molecule has 1 amide bonds. The molecule has 0 saturated carbocycles. The number of pyridine rings is 1. The van der Waals surface area contributed by atoms with E-state index in [-0.39, 0.29) is 5.91 Å². The Balaban J connectivity index is 1.91. The van der Waals surface area contributed by atoms with Crippen LogP contribution >= 0.6 is 0 Å². The molecule has 114 valence electrons. The summed E-state index contributed by atoms with van der Waals surface area (Å²) in [5, 5.41) is 3.57. The number of carbonyl (C=O) groups is 2. The van der Waals surface area contributed by atoms with Gasteiger partial charge in [0.15, 0.2) is 0 Å². The summed E-state index contributed by atoms with van der Waals surface area (Å²) in [6, 6.07) is 15.7. The van der Waals surface area contributed by atoms with Crippen LogP contribution in [0, 0.1) is 0 Å². The van der Waals surface area contributed by atoms with Crippen LogP contribution in [0.2, 0.25) is 0 Å². The van der Waals surface area contributed by atoms with Crippen molar-refractivity contribution in [3.05, 3.63) is 71.9 Å². The normalized spacial score (nSPS) is 10.3. The minimum Gasteiger partial charge on any atom is -0.465 e. The molecule has 1 aromatic heterocycles. The van der Waals surface area contributed by atoms with Gasteiger partial charge < -0.3 is 10.1 Å². The zero-order valence-corrected chi connectivity index (χ0v) is 12.4. The predicted molar refractivity (Wildman–Crippen MR) is 87.5 cm³/mol. The average Bonchev–Trinajstić information content (AvgIpc) is 2.60. The Kier molecular flexibility index (Phi) is 4.01. The molecule has 1 heterocycles. The molecule has 0 radical (unpaired) electrons. The smallest absolute Gasteiger partial charge is 0.337 e. The number of methoxy groups -OCH3 is 1. The molecule has 23 heavy (non-hydrogen) atoms. The summed E-state index contributed by atoms with van der Waals surface area (Å²) in [5.41, 5.74) is 2.19. The number of para-hydroxylation sites is 1. The highest BCUT2D eigenvalue weighted by molar-refractivity contribution is 6.12. The van der Waals surface area contributed by atoms with Crippen molar-refractivity contribution < 1.29 is 14.3 Å². The molecule has 1 N–H and O–H groups in total. The van der Waals surface area contributed by atoms with Crippen LogP contribution in [0.4, 0.5) is 5.69 Å². The van der Waals surface area contributed by atoms with Gasteiger partial charge in [-0.05, 0) is 30.3 Å². The molecule has 2 aromatic carbocycles. The van der Waals surface area contributed by atoms with Crippen LogP contribution in [-0.2, 0) is 4.74 Å². The third-order valence-corrected chi connectivity index (χ3v) is 3.44. The zero-order valence-electron chi connectivity index (χ0n) is 12.4. The van der Waals surface area contributed by atoms with Crippen molar-refractivity contribution in [1.82, 2.24) is 4.98 Å². The number of hydrogen-bond acceptors (Lipinski definition) is 4. The summed E-state index contributed by atoms with van der Waals surface area (Å²) in [4.78, 5) is 28.3. The molecule has 0 saturated heterocycles. The Labute approximate surface area is 132 Å². The largest absolute Gasteiger partial charge is 0.465 e. The molecule has 3 rings (SSSR count). The summed E-state index contributed by atoms with van der Waals surface area (Å²) in [6.07, 6.45) is 1.60. The topological polar surface area (TPSA) is 68.3 Å². The number of rotatable bonds is 3. The van der Waals surface area contributed by atoms with Crippen molar-refractivity contribution in [1.29, 1.82) is 0 Å². The molecule has 0 aliphatic carbocycles. The molecule has 0 bridgehead atoms. The van der Waals surface area contributed by atoms with Gasteiger partial charge in [0.1, 0.15) is 0 Å². The van der Waals surface area contributed by atoms with Gasteiger partial charge in [0.2, 0.25) is 0 Å². The Morgan fingerprint density at radius 2 is 1.87 bits per heavy atom. The lowest BCUT2D eigenvalue weighted by molar-refractivity contribution is 0.0600. The van der Waals surface area contributed by atoms with E-state index in [2.05, 4.69) is 15.0 Å². The van der Waals surface area contributed by atoms with Gasteiger partial charge in [-0.1, -0.05) is 24.3 Å². The van der Waals surface area contributed by atoms with Gasteiger partial charge in [0.05, 0.1) is 23.8 Å². The monoisotopic (exact) mass is 306 g/mol. The van der Waals surface area contributed by atoms with E-state index in [1.807, 2.05) is 24.3 Å². The van der Waals surface area contributed by atoms with Gasteiger partial charge in [-0.15, -0.1) is 0 Å². The number of benzene rings is 2. The molecule has 0 unspecified atom stereocenters. The summed E-state index contributed by atoms with van der Waals surface area (Å²) in [6.45, 7) is 0. The van der Waals surface area contributed by atoms with Crippen molar-refractivity contribution in [3.63, 3.8) is 0 Å².